The van der Waals surface area contributed by atoms with Gasteiger partial charge >= 0.3 is 5.97 Å². The van der Waals surface area contributed by atoms with E-state index in [-0.39, 0.29) is 96.1 Å². The zero-order valence-electron chi connectivity index (χ0n) is 30.4. The second-order valence-electron chi connectivity index (χ2n) is 14.1. The fraction of sp³-hybridized carbons (Fsp3) is 0.912. The van der Waals surface area contributed by atoms with Gasteiger partial charge in [0.2, 0.25) is 5.91 Å². The van der Waals surface area contributed by atoms with Gasteiger partial charge in [-0.15, -0.1) is 0 Å². The highest BCUT2D eigenvalue weighted by atomic mass is 16.8. The summed E-state index contributed by atoms with van der Waals surface area (Å²) in [6.45, 7) is 8.02. The maximum atomic E-state index is 12.4. The van der Waals surface area contributed by atoms with Crippen LogP contribution in [0.1, 0.15) is 60.3 Å². The monoisotopic (exact) mass is 767 g/mol. The average Bonchev–Trinajstić information content (AvgIpc) is 3.78. The quantitative estimate of drug-likeness (QED) is 0.0980. The molecule has 0 aromatic rings. The minimum atomic E-state index is -1.13. The number of rotatable bonds is 11. The lowest BCUT2D eigenvalue weighted by Gasteiger charge is -2.40. The molecule has 308 valence electrons. The molecule has 6 rings (SSSR count). The van der Waals surface area contributed by atoms with Gasteiger partial charge in [-0.25, -0.2) is 0 Å². The molecule has 6 saturated heterocycles. The molecule has 6 aliphatic rings. The molecule has 0 radical (unpaired) electrons. The van der Waals surface area contributed by atoms with Crippen LogP contribution in [0, 0.1) is 0 Å². The van der Waals surface area contributed by atoms with E-state index in [1.807, 2.05) is 0 Å². The average molecular weight is 768 g/mol. The normalized spacial score (nSPS) is 39.8. The highest BCUT2D eigenvalue weighted by Crippen LogP contribution is 2.35. The molecule has 0 aliphatic carbocycles. The van der Waals surface area contributed by atoms with E-state index in [1.54, 1.807) is 20.8 Å². The molecule has 12 atom stereocenters. The molecule has 0 aromatic carbocycles. The standard InChI is InChI=1S/C21H33NO10.C10H16O6.C2H8N2.CH4/c1-20(29-10-15-18(31-20)13(24)8-27-15)6-12(23)4-3-5-22-17(26)7-21(2)30-11-16-19(32-21)14(25)9-28-16;1-10(3-8(12)13-2)15-5-7-9(16-10)6(11)4-14-7;3-1-2-4;/h13-16,18-19,24-25H,3-11H2,1-2H3,(H,22,26);6-7,9,11H,3-5H2,1-2H3;1-4H2;1H4. The Hall–Kier alpha value is -1.95. The Bertz CT molecular complexity index is 1130. The highest BCUT2D eigenvalue weighted by molar-refractivity contribution is 5.79. The van der Waals surface area contributed by atoms with Crippen molar-refractivity contribution in [2.45, 2.75) is 133 Å². The van der Waals surface area contributed by atoms with E-state index in [0.717, 1.165) is 0 Å². The van der Waals surface area contributed by atoms with Crippen LogP contribution in [0.5, 0.6) is 0 Å². The number of methoxy groups -OCH3 is 1. The summed E-state index contributed by atoms with van der Waals surface area (Å²) in [4.78, 5) is 35.9. The third-order valence-corrected chi connectivity index (χ3v) is 9.31. The van der Waals surface area contributed by atoms with Gasteiger partial charge in [0, 0.05) is 26.1 Å². The van der Waals surface area contributed by atoms with Gasteiger partial charge in [-0.3, -0.25) is 14.4 Å². The minimum Gasteiger partial charge on any atom is -0.469 e. The van der Waals surface area contributed by atoms with Gasteiger partial charge in [-0.05, 0) is 27.2 Å². The lowest BCUT2D eigenvalue weighted by atomic mass is 10.0. The molecule has 8 N–H and O–H groups in total. The Balaban J connectivity index is 0.000000301. The Labute approximate surface area is 310 Å². The largest absolute Gasteiger partial charge is 0.469 e. The summed E-state index contributed by atoms with van der Waals surface area (Å²) in [7, 11) is 1.31. The second kappa shape index (κ2) is 20.3. The predicted octanol–water partition coefficient (Wildman–Crippen LogP) is -2.00. The molecule has 12 unspecified atom stereocenters. The smallest absolute Gasteiger partial charge is 0.310 e. The molecule has 6 heterocycles. The van der Waals surface area contributed by atoms with Crippen LogP contribution in [0.3, 0.4) is 0 Å². The van der Waals surface area contributed by atoms with Gasteiger partial charge in [-0.1, -0.05) is 7.43 Å². The number of ether oxygens (including phenoxy) is 10. The van der Waals surface area contributed by atoms with Crippen molar-refractivity contribution in [3.05, 3.63) is 0 Å². The van der Waals surface area contributed by atoms with Crippen molar-refractivity contribution in [1.29, 1.82) is 0 Å². The molecule has 53 heavy (non-hydrogen) atoms. The Morgan fingerprint density at radius 1 is 0.679 bits per heavy atom. The van der Waals surface area contributed by atoms with Crippen molar-refractivity contribution in [2.24, 2.45) is 11.5 Å². The van der Waals surface area contributed by atoms with Gasteiger partial charge in [0.15, 0.2) is 17.4 Å². The topological polar surface area (TPSA) is 268 Å². The van der Waals surface area contributed by atoms with Crippen molar-refractivity contribution in [1.82, 2.24) is 5.32 Å². The van der Waals surface area contributed by atoms with Gasteiger partial charge in [-0.2, -0.15) is 0 Å². The lowest BCUT2D eigenvalue weighted by Crippen LogP contribution is -2.53. The van der Waals surface area contributed by atoms with Crippen molar-refractivity contribution in [3.63, 3.8) is 0 Å². The molecule has 0 bridgehead atoms. The number of carbonyl (C=O) groups excluding carboxylic acids is 3. The summed E-state index contributed by atoms with van der Waals surface area (Å²) in [5.74, 6) is -3.99. The first-order chi connectivity index (χ1) is 24.6. The van der Waals surface area contributed by atoms with E-state index in [1.165, 1.54) is 7.11 Å². The number of esters is 1. The second-order valence-corrected chi connectivity index (χ2v) is 14.1. The number of aliphatic hydroxyl groups is 3. The van der Waals surface area contributed by atoms with Crippen molar-refractivity contribution in [2.75, 3.05) is 66.4 Å². The number of nitrogens with one attached hydrogen (secondary N) is 1. The minimum absolute atomic E-state index is 0. The number of ketones is 1. The van der Waals surface area contributed by atoms with Crippen LogP contribution in [0.25, 0.3) is 0 Å². The molecule has 6 aliphatic heterocycles. The predicted molar refractivity (Wildman–Crippen MR) is 183 cm³/mol. The molecule has 1 amide bonds. The van der Waals surface area contributed by atoms with Crippen molar-refractivity contribution >= 4 is 17.7 Å². The molecule has 19 heteroatoms. The Morgan fingerprint density at radius 2 is 1.08 bits per heavy atom. The molecule has 19 nitrogen and oxygen atoms in total. The number of aliphatic hydroxyl groups excluding tert-OH is 3. The van der Waals surface area contributed by atoms with Gasteiger partial charge in [0.1, 0.15) is 60.7 Å². The van der Waals surface area contributed by atoms with E-state index < -0.39 is 60.0 Å². The van der Waals surface area contributed by atoms with Crippen LogP contribution in [-0.2, 0) is 61.8 Å². The fourth-order valence-electron chi connectivity index (χ4n) is 6.54. The van der Waals surface area contributed by atoms with E-state index in [4.69, 9.17) is 54.1 Å². The summed E-state index contributed by atoms with van der Waals surface area (Å²) >= 11 is 0. The summed E-state index contributed by atoms with van der Waals surface area (Å²) in [6.07, 6.45) is -3.65. The van der Waals surface area contributed by atoms with Crippen LogP contribution in [0.2, 0.25) is 0 Å². The van der Waals surface area contributed by atoms with E-state index in [2.05, 4.69) is 10.1 Å². The van der Waals surface area contributed by atoms with Crippen LogP contribution in [-0.4, -0.2) is 172 Å². The summed E-state index contributed by atoms with van der Waals surface area (Å²) in [6, 6.07) is 0. The van der Waals surface area contributed by atoms with E-state index >= 15 is 0 Å². The van der Waals surface area contributed by atoms with Crippen LogP contribution < -0.4 is 16.8 Å². The molecule has 6 fully saturated rings. The van der Waals surface area contributed by atoms with E-state index in [0.29, 0.717) is 32.7 Å². The Kier molecular flexibility index (Phi) is 17.4. The maximum Gasteiger partial charge on any atom is 0.310 e. The number of nitrogens with two attached hydrogens (primary N) is 2. The molecular weight excluding hydrogens is 706 g/mol. The fourth-order valence-corrected chi connectivity index (χ4v) is 6.54. The van der Waals surface area contributed by atoms with Crippen molar-refractivity contribution in [3.8, 4) is 0 Å². The first-order valence-electron chi connectivity index (χ1n) is 17.7. The van der Waals surface area contributed by atoms with Crippen LogP contribution in [0.15, 0.2) is 0 Å². The first kappa shape index (κ1) is 45.4. The molecule has 0 saturated carbocycles. The van der Waals surface area contributed by atoms with Crippen molar-refractivity contribution < 1.29 is 77.1 Å². The van der Waals surface area contributed by atoms with Gasteiger partial charge in [0.25, 0.3) is 0 Å². The highest BCUT2D eigenvalue weighted by Gasteiger charge is 2.50. The molecule has 0 spiro atoms. The third-order valence-electron chi connectivity index (χ3n) is 9.31. The number of fused-ring (bicyclic) bond motifs is 3. The molecule has 0 aromatic heterocycles. The van der Waals surface area contributed by atoms with Crippen LogP contribution in [0.4, 0.5) is 0 Å². The first-order valence-corrected chi connectivity index (χ1v) is 17.7. The van der Waals surface area contributed by atoms with Gasteiger partial charge < -0.3 is 79.5 Å². The summed E-state index contributed by atoms with van der Waals surface area (Å²) in [5.41, 5.74) is 9.81. The number of amides is 1. The number of hydrogen-bond acceptors (Lipinski definition) is 18. The zero-order valence-corrected chi connectivity index (χ0v) is 30.4. The molecular formula is C34H61N3O16. The SMILES string of the molecule is C.CC1(CC(=O)CCCNC(=O)CC2(C)OCC3OCC(O)C3O2)OCC2OCC(O)C2O1.COC(=O)CC1(C)OCC2OCC(O)C2O1.NCCN. The summed E-state index contributed by atoms with van der Waals surface area (Å²) in [5, 5.41) is 32.3. The number of Topliss-reactive ketones (excluding diaryl/α,β-unsaturated/α-hetero) is 1. The van der Waals surface area contributed by atoms with E-state index in [9.17, 15) is 29.7 Å². The number of carbonyl (C=O) groups is 3. The van der Waals surface area contributed by atoms with Gasteiger partial charge in [0.05, 0.1) is 66.0 Å². The number of hydrogen-bond donors (Lipinski definition) is 6. The van der Waals surface area contributed by atoms with Crippen LogP contribution >= 0.6 is 0 Å². The maximum absolute atomic E-state index is 12.4. The lowest BCUT2D eigenvalue weighted by molar-refractivity contribution is -0.309. The third kappa shape index (κ3) is 12.8. The Morgan fingerprint density at radius 3 is 1.47 bits per heavy atom. The summed E-state index contributed by atoms with van der Waals surface area (Å²) < 4.78 is 54.6. The zero-order chi connectivity index (χ0) is 38.1.